The molecule has 2 aromatic rings. The molecule has 4 N–H and O–H groups in total. The minimum Gasteiger partial charge on any atom is -0.481 e. The van der Waals surface area contributed by atoms with Gasteiger partial charge in [0, 0.05) is 11.1 Å². The third-order valence-corrected chi connectivity index (χ3v) is 3.99. The Hall–Kier alpha value is -2.75. The van der Waals surface area contributed by atoms with Crippen LogP contribution in [0.4, 0.5) is 5.69 Å². The highest BCUT2D eigenvalue weighted by molar-refractivity contribution is 5.75. The minimum atomic E-state index is -0.402. The molecule has 1 aliphatic rings. The molecule has 3 rings (SSSR count). The third kappa shape index (κ3) is 2.57. The summed E-state index contributed by atoms with van der Waals surface area (Å²) < 4.78 is 5.28. The van der Waals surface area contributed by atoms with E-state index in [-0.39, 0.29) is 0 Å². The summed E-state index contributed by atoms with van der Waals surface area (Å²) in [5, 5.41) is 1.17. The van der Waals surface area contributed by atoms with Gasteiger partial charge in [-0.05, 0) is 31.0 Å². The van der Waals surface area contributed by atoms with Gasteiger partial charge in [-0.3, -0.25) is 10.9 Å². The van der Waals surface area contributed by atoms with Crippen molar-refractivity contribution in [1.29, 1.82) is 0 Å². The van der Waals surface area contributed by atoms with E-state index in [4.69, 9.17) is 10.5 Å². The summed E-state index contributed by atoms with van der Waals surface area (Å²) in [5.74, 6) is 2.56. The van der Waals surface area contributed by atoms with E-state index in [9.17, 15) is 4.79 Å². The second-order valence-corrected chi connectivity index (χ2v) is 6.10. The molecular formula is C18H19N3O2. The molecule has 23 heavy (non-hydrogen) atoms. The summed E-state index contributed by atoms with van der Waals surface area (Å²) in [6.07, 6.45) is 0. The maximum absolute atomic E-state index is 11.6. The summed E-state index contributed by atoms with van der Waals surface area (Å²) in [4.78, 5) is 11.6. The smallest absolute Gasteiger partial charge is 0.216 e. The topological polar surface area (TPSA) is 76.4 Å². The molecule has 0 atom stereocenters. The first-order valence-corrected chi connectivity index (χ1v) is 7.34. The molecule has 0 radical (unpaired) electrons. The number of nitrogens with one attached hydrogen (secondary N) is 2. The molecule has 5 nitrogen and oxygen atoms in total. The fourth-order valence-corrected chi connectivity index (χ4v) is 2.71. The number of hydrazine groups is 1. The van der Waals surface area contributed by atoms with Gasteiger partial charge in [-0.25, -0.2) is 4.79 Å². The molecule has 0 aromatic heterocycles. The number of hydrogen-bond donors (Lipinski definition) is 3. The van der Waals surface area contributed by atoms with E-state index in [2.05, 4.69) is 10.9 Å². The van der Waals surface area contributed by atoms with Crippen LogP contribution in [-0.4, -0.2) is 13.1 Å². The Balaban J connectivity index is 2.22. The number of ether oxygens (including phenoxy) is 1. The van der Waals surface area contributed by atoms with Crippen molar-refractivity contribution in [1.82, 2.24) is 5.43 Å². The standard InChI is InChI=1S/C18H19N3O2/c1-18(2,19)12-6-4-11(5-7-12)13-8-9-15-16(14(13)10-22)17(23-3)21-20-15/h4-9,20-21H,19H2,1-3H3. The van der Waals surface area contributed by atoms with Gasteiger partial charge in [0.25, 0.3) is 0 Å². The number of methoxy groups -OCH3 is 1. The Morgan fingerprint density at radius 1 is 1.09 bits per heavy atom. The zero-order valence-electron chi connectivity index (χ0n) is 13.4. The van der Waals surface area contributed by atoms with Crippen molar-refractivity contribution < 1.29 is 9.53 Å². The maximum Gasteiger partial charge on any atom is 0.216 e. The van der Waals surface area contributed by atoms with Crippen LogP contribution in [0.2, 0.25) is 0 Å². The van der Waals surface area contributed by atoms with Gasteiger partial charge in [-0.2, -0.15) is 0 Å². The molecule has 0 amide bonds. The third-order valence-electron chi connectivity index (χ3n) is 3.99. The normalized spacial score (nSPS) is 13.0. The average Bonchev–Trinajstić information content (AvgIpc) is 2.96. The van der Waals surface area contributed by atoms with Gasteiger partial charge >= 0.3 is 0 Å². The summed E-state index contributed by atoms with van der Waals surface area (Å²) in [5.41, 5.74) is 15.2. The zero-order valence-corrected chi connectivity index (χ0v) is 13.4. The van der Waals surface area contributed by atoms with Gasteiger partial charge in [0.05, 0.1) is 23.2 Å². The summed E-state index contributed by atoms with van der Waals surface area (Å²) in [7, 11) is 1.55. The molecule has 0 bridgehead atoms. The Morgan fingerprint density at radius 3 is 2.35 bits per heavy atom. The Labute approximate surface area is 134 Å². The first-order chi connectivity index (χ1) is 11.0. The number of nitrogens with two attached hydrogens (primary N) is 1. The number of fused-ring (bicyclic) bond motifs is 1. The van der Waals surface area contributed by atoms with Crippen LogP contribution in [0.3, 0.4) is 0 Å². The molecule has 2 aromatic carbocycles. The summed E-state index contributed by atoms with van der Waals surface area (Å²) in [6.45, 7) is 3.92. The molecule has 1 aliphatic heterocycles. The van der Waals surface area contributed by atoms with E-state index >= 15 is 0 Å². The average molecular weight is 309 g/mol. The van der Waals surface area contributed by atoms with Crippen molar-refractivity contribution in [2.75, 3.05) is 12.5 Å². The van der Waals surface area contributed by atoms with E-state index in [1.54, 1.807) is 7.11 Å². The number of anilines is 1. The van der Waals surface area contributed by atoms with Crippen molar-refractivity contribution in [2.24, 2.45) is 5.73 Å². The predicted octanol–water partition coefficient (Wildman–Crippen LogP) is 0.693. The van der Waals surface area contributed by atoms with Crippen molar-refractivity contribution in [3.05, 3.63) is 52.4 Å². The number of benzene rings is 2. The van der Waals surface area contributed by atoms with Crippen LogP contribution >= 0.6 is 0 Å². The molecule has 0 fully saturated rings. The van der Waals surface area contributed by atoms with Gasteiger partial charge in [0.1, 0.15) is 5.94 Å². The second-order valence-electron chi connectivity index (χ2n) is 6.10. The van der Waals surface area contributed by atoms with Gasteiger partial charge in [-0.15, -0.1) is 0 Å². The van der Waals surface area contributed by atoms with E-state index in [0.29, 0.717) is 16.3 Å². The summed E-state index contributed by atoms with van der Waals surface area (Å²) in [6, 6.07) is 11.7. The van der Waals surface area contributed by atoms with Crippen LogP contribution < -0.4 is 27.0 Å². The fraction of sp³-hybridized carbons (Fsp3) is 0.222. The lowest BCUT2D eigenvalue weighted by molar-refractivity contribution is 0.345. The van der Waals surface area contributed by atoms with E-state index in [1.807, 2.05) is 56.2 Å². The van der Waals surface area contributed by atoms with Crippen LogP contribution in [0.25, 0.3) is 17.0 Å². The highest BCUT2D eigenvalue weighted by Crippen LogP contribution is 2.22. The van der Waals surface area contributed by atoms with Crippen molar-refractivity contribution in [2.45, 2.75) is 19.4 Å². The molecule has 5 heteroatoms. The summed E-state index contributed by atoms with van der Waals surface area (Å²) >= 11 is 0. The Kier molecular flexibility index (Phi) is 3.60. The Morgan fingerprint density at radius 2 is 1.78 bits per heavy atom. The van der Waals surface area contributed by atoms with Crippen molar-refractivity contribution in [3.8, 4) is 11.1 Å². The lowest BCUT2D eigenvalue weighted by atomic mass is 9.93. The monoisotopic (exact) mass is 309 g/mol. The molecule has 118 valence electrons. The zero-order chi connectivity index (χ0) is 16.6. The molecule has 0 aliphatic carbocycles. The molecule has 1 heterocycles. The van der Waals surface area contributed by atoms with Crippen LogP contribution in [-0.2, 0) is 15.1 Å². The molecule has 0 saturated heterocycles. The fourth-order valence-electron chi connectivity index (χ4n) is 2.71. The van der Waals surface area contributed by atoms with Crippen LogP contribution in [0.15, 0.2) is 36.4 Å². The molecule has 0 spiro atoms. The second kappa shape index (κ2) is 5.47. The van der Waals surface area contributed by atoms with Gasteiger partial charge in [0.2, 0.25) is 5.88 Å². The largest absolute Gasteiger partial charge is 0.481 e. The number of hydrogen-bond acceptors (Lipinski definition) is 5. The minimum absolute atomic E-state index is 0.402. The highest BCUT2D eigenvalue weighted by Gasteiger charge is 2.17. The van der Waals surface area contributed by atoms with Crippen molar-refractivity contribution >= 4 is 17.5 Å². The van der Waals surface area contributed by atoms with Gasteiger partial charge in [0.15, 0.2) is 0 Å². The van der Waals surface area contributed by atoms with E-state index < -0.39 is 5.54 Å². The quantitative estimate of drug-likeness (QED) is 0.778. The highest BCUT2D eigenvalue weighted by atomic mass is 16.5. The van der Waals surface area contributed by atoms with E-state index in [0.717, 1.165) is 22.4 Å². The first-order valence-electron chi connectivity index (χ1n) is 7.34. The predicted molar refractivity (Wildman–Crippen MR) is 90.3 cm³/mol. The van der Waals surface area contributed by atoms with Gasteiger partial charge in [-0.1, -0.05) is 30.3 Å². The first kappa shape index (κ1) is 15.2. The van der Waals surface area contributed by atoms with E-state index in [1.165, 1.54) is 0 Å². The Bertz CT molecular complexity index is 890. The SMILES string of the molecule is COC1=c2c(ccc(-c3ccc(C(C)(C)N)cc3)c2=C=O)NN1. The van der Waals surface area contributed by atoms with Crippen LogP contribution in [0.1, 0.15) is 19.4 Å². The molecule has 0 unspecified atom stereocenters. The molecular weight excluding hydrogens is 290 g/mol. The van der Waals surface area contributed by atoms with Gasteiger partial charge < -0.3 is 10.5 Å². The van der Waals surface area contributed by atoms with Crippen molar-refractivity contribution in [3.63, 3.8) is 0 Å². The maximum atomic E-state index is 11.6. The lowest BCUT2D eigenvalue weighted by Crippen LogP contribution is -2.30. The number of carbonyl (C=O) groups excluding carboxylic acids is 1. The lowest BCUT2D eigenvalue weighted by Gasteiger charge is -2.19. The molecule has 0 saturated carbocycles. The number of rotatable bonds is 3. The van der Waals surface area contributed by atoms with Crippen LogP contribution in [0, 0.1) is 0 Å². The van der Waals surface area contributed by atoms with Crippen LogP contribution in [0.5, 0.6) is 0 Å².